The van der Waals surface area contributed by atoms with E-state index in [0.717, 1.165) is 13.0 Å². The molecule has 0 spiro atoms. The molecular formula is C20H27N5O3. The Morgan fingerprint density at radius 3 is 2.71 bits per heavy atom. The van der Waals surface area contributed by atoms with E-state index in [1.807, 2.05) is 39.1 Å². The number of aryl methyl sites for hydroxylation is 2. The van der Waals surface area contributed by atoms with Crippen LogP contribution >= 0.6 is 0 Å². The third kappa shape index (κ3) is 5.55. The highest BCUT2D eigenvalue weighted by Gasteiger charge is 2.33. The zero-order valence-corrected chi connectivity index (χ0v) is 16.6. The van der Waals surface area contributed by atoms with Gasteiger partial charge in [0.25, 0.3) is 0 Å². The number of hydrogen-bond acceptors (Lipinski definition) is 5. The lowest BCUT2D eigenvalue weighted by molar-refractivity contribution is -0.119. The van der Waals surface area contributed by atoms with Crippen LogP contribution in [-0.4, -0.2) is 50.4 Å². The summed E-state index contributed by atoms with van der Waals surface area (Å²) in [6.45, 7) is 7.09. The van der Waals surface area contributed by atoms with Crippen LogP contribution in [0.3, 0.4) is 0 Å². The Kier molecular flexibility index (Phi) is 5.96. The fourth-order valence-corrected chi connectivity index (χ4v) is 3.04. The number of carbonyl (C=O) groups excluding carboxylic acids is 2. The van der Waals surface area contributed by atoms with Crippen molar-refractivity contribution in [2.45, 2.75) is 45.8 Å². The molecule has 1 N–H and O–H groups in total. The Balaban J connectivity index is 1.47. The topological polar surface area (TPSA) is 89.4 Å². The van der Waals surface area contributed by atoms with Crippen LogP contribution in [0.15, 0.2) is 36.8 Å². The minimum Gasteiger partial charge on any atom is -0.444 e. The van der Waals surface area contributed by atoms with Crippen LogP contribution in [-0.2, 0) is 22.5 Å². The molecule has 0 aromatic carbocycles. The highest BCUT2D eigenvalue weighted by Crippen LogP contribution is 2.21. The van der Waals surface area contributed by atoms with Crippen LogP contribution in [0, 0.1) is 5.92 Å². The molecule has 0 aliphatic carbocycles. The molecule has 2 amide bonds. The number of aromatic nitrogens is 3. The van der Waals surface area contributed by atoms with E-state index >= 15 is 0 Å². The van der Waals surface area contributed by atoms with Crippen molar-refractivity contribution in [1.29, 1.82) is 0 Å². The van der Waals surface area contributed by atoms with E-state index in [1.54, 1.807) is 28.0 Å². The number of anilines is 1. The van der Waals surface area contributed by atoms with Crippen LogP contribution in [0.25, 0.3) is 0 Å². The van der Waals surface area contributed by atoms with Crippen LogP contribution in [0.1, 0.15) is 32.8 Å². The first kappa shape index (κ1) is 19.9. The van der Waals surface area contributed by atoms with Gasteiger partial charge in [-0.3, -0.25) is 14.5 Å². The first-order chi connectivity index (χ1) is 13.3. The fraction of sp³-hybridized carbons (Fsp3) is 0.500. The van der Waals surface area contributed by atoms with Gasteiger partial charge in [-0.2, -0.15) is 5.10 Å². The molecule has 1 aliphatic rings. The number of ether oxygens (including phenoxy) is 1. The minimum absolute atomic E-state index is 0.120. The predicted molar refractivity (Wildman–Crippen MR) is 105 cm³/mol. The number of rotatable bonds is 5. The SMILES string of the molecule is CC(C)(C)OC(=O)N1CCC(C(=O)Nc2ccn(CCc3ccncc3)n2)C1. The molecule has 2 aromatic heterocycles. The number of nitrogens with one attached hydrogen (secondary N) is 1. The van der Waals surface area contributed by atoms with Crippen molar-refractivity contribution in [3.05, 3.63) is 42.4 Å². The van der Waals surface area contributed by atoms with Gasteiger partial charge in [-0.1, -0.05) is 0 Å². The maximum Gasteiger partial charge on any atom is 0.410 e. The highest BCUT2D eigenvalue weighted by atomic mass is 16.6. The van der Waals surface area contributed by atoms with Gasteiger partial charge in [-0.25, -0.2) is 4.79 Å². The quantitative estimate of drug-likeness (QED) is 0.855. The lowest BCUT2D eigenvalue weighted by Crippen LogP contribution is -2.36. The third-order valence-corrected chi connectivity index (χ3v) is 4.48. The molecule has 1 saturated heterocycles. The van der Waals surface area contributed by atoms with Crippen LogP contribution in [0.4, 0.5) is 10.6 Å². The lowest BCUT2D eigenvalue weighted by Gasteiger charge is -2.24. The second-order valence-electron chi connectivity index (χ2n) is 7.97. The first-order valence-corrected chi connectivity index (χ1v) is 9.51. The van der Waals surface area contributed by atoms with E-state index in [2.05, 4.69) is 15.4 Å². The zero-order valence-electron chi connectivity index (χ0n) is 16.6. The van der Waals surface area contributed by atoms with Gasteiger partial charge in [0.1, 0.15) is 5.60 Å². The molecule has 0 bridgehead atoms. The lowest BCUT2D eigenvalue weighted by atomic mass is 10.1. The average molecular weight is 385 g/mol. The van der Waals surface area contributed by atoms with Crippen molar-refractivity contribution in [2.24, 2.45) is 5.92 Å². The van der Waals surface area contributed by atoms with E-state index in [9.17, 15) is 9.59 Å². The Labute approximate surface area is 164 Å². The highest BCUT2D eigenvalue weighted by molar-refractivity contribution is 5.92. The summed E-state index contributed by atoms with van der Waals surface area (Å²) in [5, 5.41) is 7.25. The van der Waals surface area contributed by atoms with Gasteiger partial charge in [0.15, 0.2) is 5.82 Å². The molecule has 1 atom stereocenters. The normalized spacial score (nSPS) is 16.8. The Bertz CT molecular complexity index is 813. The summed E-state index contributed by atoms with van der Waals surface area (Å²) in [7, 11) is 0. The summed E-state index contributed by atoms with van der Waals surface area (Å²) >= 11 is 0. The average Bonchev–Trinajstić information content (AvgIpc) is 3.29. The Morgan fingerprint density at radius 2 is 2.00 bits per heavy atom. The zero-order chi connectivity index (χ0) is 20.1. The van der Waals surface area contributed by atoms with Gasteiger partial charge >= 0.3 is 6.09 Å². The van der Waals surface area contributed by atoms with Gasteiger partial charge in [0.05, 0.1) is 5.92 Å². The van der Waals surface area contributed by atoms with Crippen molar-refractivity contribution in [1.82, 2.24) is 19.7 Å². The maximum absolute atomic E-state index is 12.5. The van der Waals surface area contributed by atoms with E-state index < -0.39 is 5.60 Å². The van der Waals surface area contributed by atoms with Crippen molar-refractivity contribution in [2.75, 3.05) is 18.4 Å². The third-order valence-electron chi connectivity index (χ3n) is 4.48. The number of likely N-dealkylation sites (tertiary alicyclic amines) is 1. The minimum atomic E-state index is -0.541. The number of nitrogens with zero attached hydrogens (tertiary/aromatic N) is 4. The molecule has 3 heterocycles. The molecule has 1 fully saturated rings. The van der Waals surface area contributed by atoms with E-state index in [1.165, 1.54) is 5.56 Å². The molecular weight excluding hydrogens is 358 g/mol. The molecule has 1 aliphatic heterocycles. The van der Waals surface area contributed by atoms with Crippen molar-refractivity contribution in [3.8, 4) is 0 Å². The summed E-state index contributed by atoms with van der Waals surface area (Å²) in [5.41, 5.74) is 0.643. The first-order valence-electron chi connectivity index (χ1n) is 9.51. The molecule has 2 aromatic rings. The second-order valence-corrected chi connectivity index (χ2v) is 7.97. The number of carbonyl (C=O) groups is 2. The van der Waals surface area contributed by atoms with Crippen LogP contribution in [0.2, 0.25) is 0 Å². The van der Waals surface area contributed by atoms with Gasteiger partial charge in [0.2, 0.25) is 5.91 Å². The van der Waals surface area contributed by atoms with Gasteiger partial charge in [0, 0.05) is 44.3 Å². The van der Waals surface area contributed by atoms with Crippen molar-refractivity contribution < 1.29 is 14.3 Å². The molecule has 28 heavy (non-hydrogen) atoms. The van der Waals surface area contributed by atoms with E-state index in [-0.39, 0.29) is 17.9 Å². The van der Waals surface area contributed by atoms with Crippen LogP contribution < -0.4 is 5.32 Å². The fourth-order valence-electron chi connectivity index (χ4n) is 3.04. The number of pyridine rings is 1. The van der Waals surface area contributed by atoms with E-state index in [4.69, 9.17) is 4.74 Å². The molecule has 0 radical (unpaired) electrons. The Morgan fingerprint density at radius 1 is 1.25 bits per heavy atom. The second kappa shape index (κ2) is 8.41. The molecule has 0 saturated carbocycles. The van der Waals surface area contributed by atoms with Gasteiger partial charge < -0.3 is 15.0 Å². The van der Waals surface area contributed by atoms with Gasteiger partial charge in [-0.15, -0.1) is 0 Å². The van der Waals surface area contributed by atoms with Gasteiger partial charge in [-0.05, 0) is 51.3 Å². The summed E-state index contributed by atoms with van der Waals surface area (Å²) in [6.07, 6.45) is 6.47. The summed E-state index contributed by atoms with van der Waals surface area (Å²) < 4.78 is 7.17. The molecule has 3 rings (SSSR count). The largest absolute Gasteiger partial charge is 0.444 e. The summed E-state index contributed by atoms with van der Waals surface area (Å²) in [5.74, 6) is 0.148. The number of amides is 2. The maximum atomic E-state index is 12.5. The van der Waals surface area contributed by atoms with Crippen LogP contribution in [0.5, 0.6) is 0 Å². The van der Waals surface area contributed by atoms with Crippen molar-refractivity contribution >= 4 is 17.8 Å². The summed E-state index contributed by atoms with van der Waals surface area (Å²) in [6, 6.07) is 5.73. The Hall–Kier alpha value is -2.90. The standard InChI is InChI=1S/C20H27N5O3/c1-20(2,3)28-19(27)24-11-7-16(14-24)18(26)22-17-8-13-25(23-17)12-6-15-4-9-21-10-5-15/h4-5,8-10,13,16H,6-7,11-12,14H2,1-3H3,(H,22,23,26). The van der Waals surface area contributed by atoms with E-state index in [0.29, 0.717) is 25.3 Å². The smallest absolute Gasteiger partial charge is 0.410 e. The predicted octanol–water partition coefficient (Wildman–Crippen LogP) is 2.72. The molecule has 150 valence electrons. The molecule has 8 nitrogen and oxygen atoms in total. The number of hydrogen-bond donors (Lipinski definition) is 1. The van der Waals surface area contributed by atoms with Crippen molar-refractivity contribution in [3.63, 3.8) is 0 Å². The summed E-state index contributed by atoms with van der Waals surface area (Å²) in [4.78, 5) is 30.2. The molecule has 1 unspecified atom stereocenters. The monoisotopic (exact) mass is 385 g/mol. The molecule has 8 heteroatoms.